The molecule has 0 N–H and O–H groups in total. The molecule has 0 saturated carbocycles. The van der Waals surface area contributed by atoms with Crippen LogP contribution >= 0.6 is 0 Å². The predicted molar refractivity (Wildman–Crippen MR) is 72.8 cm³/mol. The fourth-order valence-corrected chi connectivity index (χ4v) is 2.40. The van der Waals surface area contributed by atoms with E-state index in [1.165, 1.54) is 0 Å². The second-order valence-electron chi connectivity index (χ2n) is 4.58. The van der Waals surface area contributed by atoms with Gasteiger partial charge in [0.15, 0.2) is 0 Å². The SMILES string of the molecule is CCOC(=O)C[C@H](c1ccccc1)N1CCOCC1. The Balaban J connectivity index is 2.10. The molecule has 104 valence electrons. The van der Waals surface area contributed by atoms with Crippen LogP contribution in [-0.4, -0.2) is 43.8 Å². The molecule has 1 aromatic rings. The van der Waals surface area contributed by atoms with Crippen LogP contribution in [0.15, 0.2) is 30.3 Å². The lowest BCUT2D eigenvalue weighted by molar-refractivity contribution is -0.145. The molecule has 0 aliphatic carbocycles. The van der Waals surface area contributed by atoms with Crippen LogP contribution in [0, 0.1) is 0 Å². The van der Waals surface area contributed by atoms with Gasteiger partial charge in [0, 0.05) is 19.1 Å². The van der Waals surface area contributed by atoms with Gasteiger partial charge in [-0.05, 0) is 12.5 Å². The third kappa shape index (κ3) is 4.04. The van der Waals surface area contributed by atoms with Crippen LogP contribution in [0.2, 0.25) is 0 Å². The minimum absolute atomic E-state index is 0.0872. The summed E-state index contributed by atoms with van der Waals surface area (Å²) in [5.74, 6) is -0.136. The Kier molecular flexibility index (Phi) is 5.36. The first-order chi connectivity index (χ1) is 9.31. The monoisotopic (exact) mass is 263 g/mol. The van der Waals surface area contributed by atoms with Gasteiger partial charge in [0.1, 0.15) is 0 Å². The number of carbonyl (C=O) groups is 1. The molecule has 1 saturated heterocycles. The van der Waals surface area contributed by atoms with E-state index in [1.807, 2.05) is 25.1 Å². The average Bonchev–Trinajstić information content (AvgIpc) is 2.47. The maximum absolute atomic E-state index is 11.8. The second-order valence-corrected chi connectivity index (χ2v) is 4.58. The molecule has 1 aromatic carbocycles. The van der Waals surface area contributed by atoms with Crippen LogP contribution in [0.1, 0.15) is 24.9 Å². The summed E-state index contributed by atoms with van der Waals surface area (Å²) in [4.78, 5) is 14.1. The highest BCUT2D eigenvalue weighted by atomic mass is 16.5. The van der Waals surface area contributed by atoms with Crippen molar-refractivity contribution in [2.24, 2.45) is 0 Å². The summed E-state index contributed by atoms with van der Waals surface area (Å²) in [6.45, 7) is 5.45. The van der Waals surface area contributed by atoms with E-state index in [2.05, 4.69) is 17.0 Å². The van der Waals surface area contributed by atoms with Crippen molar-refractivity contribution in [3.63, 3.8) is 0 Å². The standard InChI is InChI=1S/C15H21NO3/c1-2-19-15(17)12-14(13-6-4-3-5-7-13)16-8-10-18-11-9-16/h3-7,14H,2,8-12H2,1H3/t14-/m1/s1. The fourth-order valence-electron chi connectivity index (χ4n) is 2.40. The molecule has 2 rings (SSSR count). The maximum Gasteiger partial charge on any atom is 0.307 e. The van der Waals surface area contributed by atoms with Gasteiger partial charge < -0.3 is 9.47 Å². The quantitative estimate of drug-likeness (QED) is 0.762. The Morgan fingerprint density at radius 3 is 2.63 bits per heavy atom. The van der Waals surface area contributed by atoms with E-state index in [9.17, 15) is 4.79 Å². The van der Waals surface area contributed by atoms with Gasteiger partial charge in [-0.2, -0.15) is 0 Å². The third-order valence-electron chi connectivity index (χ3n) is 3.34. The molecular weight excluding hydrogens is 242 g/mol. The van der Waals surface area contributed by atoms with Crippen molar-refractivity contribution in [1.82, 2.24) is 4.90 Å². The Morgan fingerprint density at radius 1 is 1.32 bits per heavy atom. The molecule has 1 fully saturated rings. The van der Waals surface area contributed by atoms with Gasteiger partial charge in [-0.3, -0.25) is 9.69 Å². The summed E-state index contributed by atoms with van der Waals surface area (Å²) in [7, 11) is 0. The maximum atomic E-state index is 11.8. The minimum atomic E-state index is -0.136. The largest absolute Gasteiger partial charge is 0.466 e. The van der Waals surface area contributed by atoms with Crippen LogP contribution in [0.4, 0.5) is 0 Å². The lowest BCUT2D eigenvalue weighted by atomic mass is 10.0. The second kappa shape index (κ2) is 7.26. The zero-order chi connectivity index (χ0) is 13.5. The van der Waals surface area contributed by atoms with Gasteiger partial charge in [0.05, 0.1) is 26.2 Å². The van der Waals surface area contributed by atoms with Gasteiger partial charge in [0.25, 0.3) is 0 Å². The van der Waals surface area contributed by atoms with Crippen molar-refractivity contribution < 1.29 is 14.3 Å². The zero-order valence-electron chi connectivity index (χ0n) is 11.4. The van der Waals surface area contributed by atoms with Crippen LogP contribution in [0.3, 0.4) is 0 Å². The van der Waals surface area contributed by atoms with Crippen molar-refractivity contribution in [2.75, 3.05) is 32.9 Å². The van der Waals surface area contributed by atoms with E-state index in [0.29, 0.717) is 13.0 Å². The molecule has 1 atom stereocenters. The molecule has 4 nitrogen and oxygen atoms in total. The molecule has 0 spiro atoms. The number of morpholine rings is 1. The van der Waals surface area contributed by atoms with E-state index in [-0.39, 0.29) is 12.0 Å². The van der Waals surface area contributed by atoms with Gasteiger partial charge >= 0.3 is 5.97 Å². The summed E-state index contributed by atoms with van der Waals surface area (Å²) in [6.07, 6.45) is 0.401. The van der Waals surface area contributed by atoms with E-state index in [4.69, 9.17) is 9.47 Å². The highest BCUT2D eigenvalue weighted by molar-refractivity contribution is 5.70. The summed E-state index contributed by atoms with van der Waals surface area (Å²) in [6, 6.07) is 10.2. The molecule has 4 heteroatoms. The molecule has 19 heavy (non-hydrogen) atoms. The molecule has 0 bridgehead atoms. The van der Waals surface area contributed by atoms with Gasteiger partial charge in [0.2, 0.25) is 0 Å². The summed E-state index contributed by atoms with van der Waals surface area (Å²) in [5.41, 5.74) is 1.16. The minimum Gasteiger partial charge on any atom is -0.466 e. The lowest BCUT2D eigenvalue weighted by Gasteiger charge is -2.34. The first-order valence-corrected chi connectivity index (χ1v) is 6.83. The molecule has 1 aliphatic heterocycles. The summed E-state index contributed by atoms with van der Waals surface area (Å²) >= 11 is 0. The Bertz CT molecular complexity index is 388. The van der Waals surface area contributed by atoms with Crippen molar-refractivity contribution in [1.29, 1.82) is 0 Å². The number of hydrogen-bond acceptors (Lipinski definition) is 4. The lowest BCUT2D eigenvalue weighted by Crippen LogP contribution is -2.40. The number of rotatable bonds is 5. The highest BCUT2D eigenvalue weighted by Crippen LogP contribution is 2.25. The fraction of sp³-hybridized carbons (Fsp3) is 0.533. The molecule has 1 aliphatic rings. The topological polar surface area (TPSA) is 38.8 Å². The van der Waals surface area contributed by atoms with Crippen molar-refractivity contribution in [2.45, 2.75) is 19.4 Å². The summed E-state index contributed by atoms with van der Waals surface area (Å²) < 4.78 is 10.5. The zero-order valence-corrected chi connectivity index (χ0v) is 11.4. The molecule has 0 unspecified atom stereocenters. The van der Waals surface area contributed by atoms with E-state index in [0.717, 1.165) is 31.9 Å². The Labute approximate surface area is 114 Å². The molecule has 1 heterocycles. The first kappa shape index (κ1) is 14.0. The number of ether oxygens (including phenoxy) is 2. The van der Waals surface area contributed by atoms with Crippen molar-refractivity contribution in [3.8, 4) is 0 Å². The molecule has 0 amide bonds. The normalized spacial score (nSPS) is 17.9. The van der Waals surface area contributed by atoms with E-state index in [1.54, 1.807) is 0 Å². The Morgan fingerprint density at radius 2 is 2.00 bits per heavy atom. The smallest absolute Gasteiger partial charge is 0.307 e. The summed E-state index contributed by atoms with van der Waals surface area (Å²) in [5, 5.41) is 0. The number of esters is 1. The van der Waals surface area contributed by atoms with Crippen molar-refractivity contribution >= 4 is 5.97 Å². The molecule has 0 radical (unpaired) electrons. The number of nitrogens with zero attached hydrogens (tertiary/aromatic N) is 1. The van der Waals surface area contributed by atoms with Crippen molar-refractivity contribution in [3.05, 3.63) is 35.9 Å². The van der Waals surface area contributed by atoms with Gasteiger partial charge in [-0.15, -0.1) is 0 Å². The van der Waals surface area contributed by atoms with E-state index >= 15 is 0 Å². The third-order valence-corrected chi connectivity index (χ3v) is 3.34. The number of benzene rings is 1. The van der Waals surface area contributed by atoms with E-state index < -0.39 is 0 Å². The number of carbonyl (C=O) groups excluding carboxylic acids is 1. The van der Waals surface area contributed by atoms with Crippen LogP contribution in [0.25, 0.3) is 0 Å². The number of hydrogen-bond donors (Lipinski definition) is 0. The highest BCUT2D eigenvalue weighted by Gasteiger charge is 2.25. The average molecular weight is 263 g/mol. The van der Waals surface area contributed by atoms with Crippen LogP contribution in [0.5, 0.6) is 0 Å². The van der Waals surface area contributed by atoms with Gasteiger partial charge in [-0.25, -0.2) is 0 Å². The van der Waals surface area contributed by atoms with Crippen LogP contribution < -0.4 is 0 Å². The van der Waals surface area contributed by atoms with Crippen LogP contribution in [-0.2, 0) is 14.3 Å². The predicted octanol–water partition coefficient (Wildman–Crippen LogP) is 2.01. The first-order valence-electron chi connectivity index (χ1n) is 6.83. The molecular formula is C15H21NO3. The Hall–Kier alpha value is -1.39. The van der Waals surface area contributed by atoms with Gasteiger partial charge in [-0.1, -0.05) is 30.3 Å². The molecule has 0 aromatic heterocycles.